The molecule has 2 N–H and O–H groups in total. The maximum atomic E-state index is 11.9. The van der Waals surface area contributed by atoms with Gasteiger partial charge < -0.3 is 10.1 Å². The highest BCUT2D eigenvalue weighted by Gasteiger charge is 2.14. The second-order valence-corrected chi connectivity index (χ2v) is 6.03. The number of hydrogen-bond donors (Lipinski definition) is 2. The van der Waals surface area contributed by atoms with E-state index in [-0.39, 0.29) is 4.90 Å². The van der Waals surface area contributed by atoms with Crippen LogP contribution in [0.15, 0.2) is 17.3 Å². The Bertz CT molecular complexity index is 476. The summed E-state index contributed by atoms with van der Waals surface area (Å²) in [5.74, 6) is 0.436. The molecule has 0 radical (unpaired) electrons. The number of hydrogen-bond acceptors (Lipinski definition) is 6. The maximum absolute atomic E-state index is 11.9. The average molecular weight is 302 g/mol. The van der Waals surface area contributed by atoms with Crippen molar-refractivity contribution < 1.29 is 13.2 Å². The quantitative estimate of drug-likeness (QED) is 0.626. The normalized spacial score (nSPS) is 11.5. The molecule has 0 atom stereocenters. The Morgan fingerprint density at radius 3 is 2.50 bits per heavy atom. The SMILES string of the molecule is CCCNc1ncc(S(=O)(=O)NCCCCOC)cn1. The first-order chi connectivity index (χ1) is 9.60. The second-order valence-electron chi connectivity index (χ2n) is 4.27. The van der Waals surface area contributed by atoms with Gasteiger partial charge in [-0.05, 0) is 19.3 Å². The molecule has 0 bridgehead atoms. The number of rotatable bonds is 10. The molecule has 8 heteroatoms. The molecule has 0 aliphatic heterocycles. The van der Waals surface area contributed by atoms with Crippen LogP contribution in [0.4, 0.5) is 5.95 Å². The smallest absolute Gasteiger partial charge is 0.243 e. The number of ether oxygens (including phenoxy) is 1. The number of unbranched alkanes of at least 4 members (excludes halogenated alkanes) is 1. The van der Waals surface area contributed by atoms with Crippen LogP contribution in [-0.2, 0) is 14.8 Å². The summed E-state index contributed by atoms with van der Waals surface area (Å²) in [5, 5.41) is 2.99. The van der Waals surface area contributed by atoms with E-state index in [2.05, 4.69) is 20.0 Å². The van der Waals surface area contributed by atoms with Gasteiger partial charge in [-0.25, -0.2) is 23.1 Å². The molecule has 0 aliphatic carbocycles. The fourth-order valence-corrected chi connectivity index (χ4v) is 2.41. The summed E-state index contributed by atoms with van der Waals surface area (Å²) >= 11 is 0. The van der Waals surface area contributed by atoms with Crippen molar-refractivity contribution in [3.05, 3.63) is 12.4 Å². The van der Waals surface area contributed by atoms with E-state index >= 15 is 0 Å². The standard InChI is InChI=1S/C12H22N4O3S/c1-3-6-13-12-14-9-11(10-15-12)20(17,18)16-7-4-5-8-19-2/h9-10,16H,3-8H2,1-2H3,(H,13,14,15). The van der Waals surface area contributed by atoms with Crippen molar-refractivity contribution in [3.63, 3.8) is 0 Å². The van der Waals surface area contributed by atoms with Crippen molar-refractivity contribution in [2.24, 2.45) is 0 Å². The predicted molar refractivity (Wildman–Crippen MR) is 77.1 cm³/mol. The van der Waals surface area contributed by atoms with Crippen LogP contribution < -0.4 is 10.0 Å². The fraction of sp³-hybridized carbons (Fsp3) is 0.667. The molecular formula is C12H22N4O3S. The molecule has 1 heterocycles. The van der Waals surface area contributed by atoms with Gasteiger partial charge in [-0.2, -0.15) is 0 Å². The Kier molecular flexibility index (Phi) is 7.42. The number of aromatic nitrogens is 2. The van der Waals surface area contributed by atoms with E-state index < -0.39 is 10.0 Å². The summed E-state index contributed by atoms with van der Waals surface area (Å²) in [7, 11) is -1.91. The third-order valence-electron chi connectivity index (χ3n) is 2.54. The first kappa shape index (κ1) is 16.8. The van der Waals surface area contributed by atoms with E-state index in [9.17, 15) is 8.42 Å². The zero-order valence-corrected chi connectivity index (χ0v) is 12.7. The number of sulfonamides is 1. The van der Waals surface area contributed by atoms with E-state index in [1.807, 2.05) is 6.92 Å². The number of nitrogens with zero attached hydrogens (tertiary/aromatic N) is 2. The van der Waals surface area contributed by atoms with Gasteiger partial charge in [-0.1, -0.05) is 6.92 Å². The molecule has 0 saturated carbocycles. The summed E-state index contributed by atoms with van der Waals surface area (Å²) in [6.45, 7) is 3.79. The van der Waals surface area contributed by atoms with Crippen molar-refractivity contribution in [3.8, 4) is 0 Å². The van der Waals surface area contributed by atoms with Gasteiger partial charge in [0.05, 0.1) is 12.4 Å². The average Bonchev–Trinajstić information content (AvgIpc) is 2.45. The summed E-state index contributed by atoms with van der Waals surface area (Å²) in [4.78, 5) is 8.03. The number of anilines is 1. The monoisotopic (exact) mass is 302 g/mol. The van der Waals surface area contributed by atoms with Crippen LogP contribution >= 0.6 is 0 Å². The van der Waals surface area contributed by atoms with Crippen molar-refractivity contribution in [1.29, 1.82) is 0 Å². The highest BCUT2D eigenvalue weighted by molar-refractivity contribution is 7.89. The number of nitrogens with one attached hydrogen (secondary N) is 2. The van der Waals surface area contributed by atoms with Gasteiger partial charge in [0.15, 0.2) is 0 Å². The molecule has 0 fully saturated rings. The van der Waals surface area contributed by atoms with E-state index in [1.165, 1.54) is 12.4 Å². The van der Waals surface area contributed by atoms with Gasteiger partial charge >= 0.3 is 0 Å². The molecule has 0 aromatic carbocycles. The fourth-order valence-electron chi connectivity index (χ4n) is 1.44. The van der Waals surface area contributed by atoms with E-state index in [0.29, 0.717) is 19.1 Å². The van der Waals surface area contributed by atoms with E-state index in [4.69, 9.17) is 4.74 Å². The second kappa shape index (κ2) is 8.83. The van der Waals surface area contributed by atoms with Crippen molar-refractivity contribution in [2.45, 2.75) is 31.1 Å². The molecule has 0 spiro atoms. The lowest BCUT2D eigenvalue weighted by Crippen LogP contribution is -2.25. The van der Waals surface area contributed by atoms with Gasteiger partial charge in [-0.15, -0.1) is 0 Å². The van der Waals surface area contributed by atoms with Crippen molar-refractivity contribution in [2.75, 3.05) is 32.1 Å². The molecule has 1 aromatic rings. The Balaban J connectivity index is 2.50. The minimum absolute atomic E-state index is 0.0753. The highest BCUT2D eigenvalue weighted by Crippen LogP contribution is 2.07. The van der Waals surface area contributed by atoms with Gasteiger partial charge in [0.2, 0.25) is 16.0 Å². The van der Waals surface area contributed by atoms with Crippen LogP contribution in [0.25, 0.3) is 0 Å². The topological polar surface area (TPSA) is 93.2 Å². The van der Waals surface area contributed by atoms with Gasteiger partial charge in [-0.3, -0.25) is 0 Å². The zero-order chi connectivity index (χ0) is 14.8. The van der Waals surface area contributed by atoms with E-state index in [0.717, 1.165) is 25.8 Å². The largest absolute Gasteiger partial charge is 0.385 e. The van der Waals surface area contributed by atoms with Crippen molar-refractivity contribution in [1.82, 2.24) is 14.7 Å². The first-order valence-electron chi connectivity index (χ1n) is 6.64. The first-order valence-corrected chi connectivity index (χ1v) is 8.13. The minimum Gasteiger partial charge on any atom is -0.385 e. The van der Waals surface area contributed by atoms with Crippen LogP contribution in [0.5, 0.6) is 0 Å². The highest BCUT2D eigenvalue weighted by atomic mass is 32.2. The molecule has 7 nitrogen and oxygen atoms in total. The zero-order valence-electron chi connectivity index (χ0n) is 11.9. The van der Waals surface area contributed by atoms with Crippen LogP contribution in [0.1, 0.15) is 26.2 Å². The Morgan fingerprint density at radius 1 is 1.20 bits per heavy atom. The minimum atomic E-state index is -3.53. The Labute approximate surface area is 120 Å². The van der Waals surface area contributed by atoms with Crippen LogP contribution in [-0.4, -0.2) is 45.2 Å². The lowest BCUT2D eigenvalue weighted by atomic mass is 10.3. The van der Waals surface area contributed by atoms with Gasteiger partial charge in [0, 0.05) is 26.8 Å². The summed E-state index contributed by atoms with van der Waals surface area (Å²) in [5.41, 5.74) is 0. The molecule has 0 saturated heterocycles. The molecule has 20 heavy (non-hydrogen) atoms. The molecule has 114 valence electrons. The third-order valence-corrected chi connectivity index (χ3v) is 3.95. The van der Waals surface area contributed by atoms with Crippen LogP contribution in [0, 0.1) is 0 Å². The Hall–Kier alpha value is -1.25. The van der Waals surface area contributed by atoms with Gasteiger partial charge in [0.1, 0.15) is 4.90 Å². The van der Waals surface area contributed by atoms with E-state index in [1.54, 1.807) is 7.11 Å². The molecule has 0 amide bonds. The summed E-state index contributed by atoms with van der Waals surface area (Å²) < 4.78 is 31.3. The van der Waals surface area contributed by atoms with Gasteiger partial charge in [0.25, 0.3) is 0 Å². The number of methoxy groups -OCH3 is 1. The maximum Gasteiger partial charge on any atom is 0.243 e. The predicted octanol–water partition coefficient (Wildman–Crippen LogP) is 1.00. The molecule has 0 unspecified atom stereocenters. The van der Waals surface area contributed by atoms with Crippen LogP contribution in [0.3, 0.4) is 0 Å². The molecular weight excluding hydrogens is 280 g/mol. The third kappa shape index (κ3) is 5.81. The summed E-state index contributed by atoms with van der Waals surface area (Å²) in [6, 6.07) is 0. The molecule has 1 rings (SSSR count). The lowest BCUT2D eigenvalue weighted by Gasteiger charge is -2.07. The Morgan fingerprint density at radius 2 is 1.90 bits per heavy atom. The lowest BCUT2D eigenvalue weighted by molar-refractivity contribution is 0.193. The van der Waals surface area contributed by atoms with Crippen molar-refractivity contribution >= 4 is 16.0 Å². The van der Waals surface area contributed by atoms with Crippen LogP contribution in [0.2, 0.25) is 0 Å². The molecule has 1 aromatic heterocycles. The molecule has 0 aliphatic rings. The summed E-state index contributed by atoms with van der Waals surface area (Å²) in [6.07, 6.45) is 5.11.